The summed E-state index contributed by atoms with van der Waals surface area (Å²) < 4.78 is 310. The van der Waals surface area contributed by atoms with E-state index in [2.05, 4.69) is 9.97 Å². The Bertz CT molecular complexity index is 4020. The second kappa shape index (κ2) is 18.7. The molecule has 0 aliphatic carbocycles. The quantitative estimate of drug-likeness (QED) is 0.0480. The van der Waals surface area contributed by atoms with Crippen molar-refractivity contribution >= 4 is 57.0 Å². The second-order valence-electron chi connectivity index (χ2n) is 15.9. The zero-order valence-electron chi connectivity index (χ0n) is 36.8. The summed E-state index contributed by atoms with van der Waals surface area (Å²) in [6.07, 6.45) is -0.655. The number of rotatable bonds is 8. The van der Waals surface area contributed by atoms with Gasteiger partial charge in [0.2, 0.25) is 23.3 Å². The normalized spacial score (nSPS) is 12.3. The highest BCUT2D eigenvalue weighted by Crippen LogP contribution is 2.49. The van der Waals surface area contributed by atoms with Crippen molar-refractivity contribution in [3.8, 4) is 44.5 Å². The maximum atomic E-state index is 16.2. The van der Waals surface area contributed by atoms with Gasteiger partial charge in [-0.2, -0.15) is 0 Å². The maximum absolute atomic E-state index is 16.2. The van der Waals surface area contributed by atoms with E-state index in [1.807, 2.05) is 0 Å². The number of hydrogen-bond acceptors (Lipinski definition) is 10. The van der Waals surface area contributed by atoms with Gasteiger partial charge >= 0.3 is 0 Å². The number of aromatic nitrogens is 4. The Morgan fingerprint density at radius 1 is 0.300 bits per heavy atom. The minimum Gasteiger partial charge on any atom is -0.349 e. The summed E-state index contributed by atoms with van der Waals surface area (Å²) in [5, 5.41) is 51.8. The standard InChI is InChI=1S/C44H6F20N8O8/c45-21-17(22(46)30(54)37(61)29(21)53)13-5-1-9(69(73)74)41(65-5)14(18-23(47)31(55)38(62)32(56)24(18)48)6-2-11(71(77)78)43(67-6)16(20-27(51)35(59)40(64)36(60)28(20)52)8-4-12(72(79)80)44(68-8)15(7-3-10(70(75)76)42(13)66-7)19-25(49)33(57)39(63)34(58)26(19)50/h1-4,65,68H. The molecule has 0 radical (unpaired) electrons. The van der Waals surface area contributed by atoms with Crippen LogP contribution in [0.2, 0.25) is 0 Å². The monoisotopic (exact) mass is 1150 g/mol. The smallest absolute Gasteiger partial charge is 0.297 e. The highest BCUT2D eigenvalue weighted by molar-refractivity contribution is 6.05. The van der Waals surface area contributed by atoms with E-state index < -0.39 is 248 Å². The summed E-state index contributed by atoms with van der Waals surface area (Å²) in [4.78, 5) is 54.5. The molecule has 0 spiro atoms. The van der Waals surface area contributed by atoms with Crippen LogP contribution in [0.5, 0.6) is 0 Å². The molecule has 7 aromatic rings. The number of hydrogen-bond donors (Lipinski definition) is 2. The summed E-state index contributed by atoms with van der Waals surface area (Å²) in [6.45, 7) is 0. The Kier molecular flexibility index (Phi) is 12.7. The summed E-state index contributed by atoms with van der Waals surface area (Å²) in [5.41, 5.74) is -43.4. The lowest BCUT2D eigenvalue weighted by atomic mass is 9.99. The molecule has 80 heavy (non-hydrogen) atoms. The van der Waals surface area contributed by atoms with Crippen LogP contribution < -0.4 is 0 Å². The third-order valence-corrected chi connectivity index (χ3v) is 11.7. The molecule has 0 atom stereocenters. The van der Waals surface area contributed by atoms with Gasteiger partial charge in [0.1, 0.15) is 11.0 Å². The summed E-state index contributed by atoms with van der Waals surface area (Å²) in [6, 6.07) is -0.599. The molecule has 0 unspecified atom stereocenters. The van der Waals surface area contributed by atoms with E-state index in [9.17, 15) is 58.0 Å². The zero-order valence-corrected chi connectivity index (χ0v) is 36.8. The number of halogens is 20. The molecule has 0 saturated carbocycles. The zero-order chi connectivity index (χ0) is 59.1. The Hall–Kier alpha value is -10.3. The minimum absolute atomic E-state index is 0.300. The molecule has 2 N–H and O–H groups in total. The van der Waals surface area contributed by atoms with Gasteiger partial charge in [0.15, 0.2) is 104 Å². The molecule has 36 heteroatoms. The van der Waals surface area contributed by atoms with Gasteiger partial charge in [-0.05, 0) is 0 Å². The Balaban J connectivity index is 1.78. The molecule has 0 fully saturated rings. The van der Waals surface area contributed by atoms with E-state index in [4.69, 9.17) is 0 Å². The van der Waals surface area contributed by atoms with Gasteiger partial charge in [-0.25, -0.2) is 97.8 Å². The van der Waals surface area contributed by atoms with E-state index in [-0.39, 0.29) is 24.3 Å². The van der Waals surface area contributed by atoms with Crippen LogP contribution in [0.25, 0.3) is 90.1 Å². The van der Waals surface area contributed by atoms with Crippen molar-refractivity contribution in [2.24, 2.45) is 0 Å². The third kappa shape index (κ3) is 7.70. The maximum Gasteiger partial charge on any atom is 0.297 e. The predicted molar refractivity (Wildman–Crippen MR) is 225 cm³/mol. The van der Waals surface area contributed by atoms with Crippen molar-refractivity contribution in [3.05, 3.63) is 192 Å². The van der Waals surface area contributed by atoms with E-state index in [0.29, 0.717) is 0 Å². The number of benzene rings is 4. The number of nitro groups is 4. The Morgan fingerprint density at radius 2 is 0.512 bits per heavy atom. The lowest BCUT2D eigenvalue weighted by molar-refractivity contribution is -0.383. The van der Waals surface area contributed by atoms with E-state index in [1.54, 1.807) is 9.97 Å². The van der Waals surface area contributed by atoms with Crippen molar-refractivity contribution in [1.29, 1.82) is 0 Å². The van der Waals surface area contributed by atoms with E-state index in [0.717, 1.165) is 0 Å². The number of aromatic amines is 2. The largest absolute Gasteiger partial charge is 0.349 e. The van der Waals surface area contributed by atoms with Gasteiger partial charge in [0.25, 0.3) is 22.8 Å². The van der Waals surface area contributed by atoms with Gasteiger partial charge in [-0.3, -0.25) is 40.5 Å². The first kappa shape index (κ1) is 54.5. The van der Waals surface area contributed by atoms with E-state index in [1.165, 1.54) is 0 Å². The van der Waals surface area contributed by atoms with Crippen molar-refractivity contribution in [1.82, 2.24) is 19.9 Å². The molecule has 0 saturated heterocycles. The van der Waals surface area contributed by atoms with Crippen LogP contribution >= 0.6 is 0 Å². The number of nitrogens with one attached hydrogen (secondary N) is 2. The van der Waals surface area contributed by atoms with Gasteiger partial charge in [0.05, 0.1) is 64.4 Å². The summed E-state index contributed by atoms with van der Waals surface area (Å²) in [5.74, 6) is -61.8. The average Bonchev–Trinajstić information content (AvgIpc) is 4.27. The summed E-state index contributed by atoms with van der Waals surface area (Å²) in [7, 11) is 0. The highest BCUT2D eigenvalue weighted by Gasteiger charge is 2.42. The van der Waals surface area contributed by atoms with Gasteiger partial charge in [-0.15, -0.1) is 0 Å². The Labute approximate surface area is 420 Å². The van der Waals surface area contributed by atoms with Crippen molar-refractivity contribution in [2.45, 2.75) is 0 Å². The molecule has 0 amide bonds. The minimum atomic E-state index is -3.12. The summed E-state index contributed by atoms with van der Waals surface area (Å²) >= 11 is 0. The molecule has 16 nitrogen and oxygen atoms in total. The van der Waals surface area contributed by atoms with E-state index >= 15 is 70.2 Å². The number of H-pyrrole nitrogens is 2. The number of fused-ring (bicyclic) bond motifs is 8. The van der Waals surface area contributed by atoms with Crippen LogP contribution in [0.3, 0.4) is 0 Å². The molecule has 5 heterocycles. The van der Waals surface area contributed by atoms with Crippen LogP contribution in [0.15, 0.2) is 12.1 Å². The lowest BCUT2D eigenvalue weighted by Gasteiger charge is -2.11. The first-order chi connectivity index (χ1) is 37.4. The molecule has 2 aliphatic heterocycles. The molecule has 4 aromatic carbocycles. The molecule has 8 bridgehead atoms. The molecule has 3 aromatic heterocycles. The lowest BCUT2D eigenvalue weighted by Crippen LogP contribution is -2.07. The van der Waals surface area contributed by atoms with Crippen molar-refractivity contribution < 1.29 is 108 Å². The van der Waals surface area contributed by atoms with Crippen LogP contribution in [0, 0.1) is 157 Å². The predicted octanol–water partition coefficient (Wildman–Crippen LogP) is 13.1. The van der Waals surface area contributed by atoms with Gasteiger partial charge in [0, 0.05) is 46.5 Å². The van der Waals surface area contributed by atoms with Crippen LogP contribution in [0.1, 0.15) is 22.8 Å². The van der Waals surface area contributed by atoms with Gasteiger partial charge < -0.3 is 9.97 Å². The molecule has 2 aliphatic rings. The third-order valence-electron chi connectivity index (χ3n) is 11.7. The highest BCUT2D eigenvalue weighted by atomic mass is 19.2. The molecular formula is C44H6F20N8O8. The van der Waals surface area contributed by atoms with Crippen molar-refractivity contribution in [3.63, 3.8) is 0 Å². The van der Waals surface area contributed by atoms with Crippen LogP contribution in [-0.4, -0.2) is 39.6 Å². The van der Waals surface area contributed by atoms with Gasteiger partial charge in [-0.1, -0.05) is 0 Å². The molecule has 410 valence electrons. The molecular weight excluding hydrogens is 1150 g/mol. The Morgan fingerprint density at radius 3 is 0.725 bits per heavy atom. The first-order valence-corrected chi connectivity index (χ1v) is 20.3. The van der Waals surface area contributed by atoms with Crippen molar-refractivity contribution in [2.75, 3.05) is 0 Å². The average molecular weight is 1150 g/mol. The SMILES string of the molecule is O=[N+]([O-])C1=Cc2nc1c(-c1c(F)c(F)c(F)c(F)c1F)c1cc([N+](=O)[O-])c([nH]1)c(-c1c(F)c(F)c(F)c(F)c1F)c1nc(c(-c3c(F)c(F)c(F)c(F)c3F)c3cc([N+](=O)[O-])c([nH]3)c2-c2c(F)c(F)c(F)c(F)c2F)C([N+](=O)[O-])=C1. The molecule has 9 rings (SSSR count). The van der Waals surface area contributed by atoms with Crippen LogP contribution in [-0.2, 0) is 0 Å². The fourth-order valence-corrected chi connectivity index (χ4v) is 8.37. The topological polar surface area (TPSA) is 230 Å². The fourth-order valence-electron chi connectivity index (χ4n) is 8.37. The first-order valence-electron chi connectivity index (χ1n) is 20.3. The van der Waals surface area contributed by atoms with Crippen LogP contribution in [0.4, 0.5) is 99.2 Å². The fraction of sp³-hybridized carbons (Fsp3) is 0. The second-order valence-corrected chi connectivity index (χ2v) is 15.9. The number of nitrogens with zero attached hydrogens (tertiary/aromatic N) is 6.